The Bertz CT molecular complexity index is 1490. The number of aryl methyl sites for hydroxylation is 1. The van der Waals surface area contributed by atoms with Crippen LogP contribution in [0.2, 0.25) is 0 Å². The van der Waals surface area contributed by atoms with Gasteiger partial charge in [-0.3, -0.25) is 19.3 Å². The van der Waals surface area contributed by atoms with Crippen LogP contribution in [0, 0.1) is 12.8 Å². The van der Waals surface area contributed by atoms with Gasteiger partial charge in [0.2, 0.25) is 16.4 Å². The van der Waals surface area contributed by atoms with E-state index in [9.17, 15) is 28.8 Å². The van der Waals surface area contributed by atoms with Gasteiger partial charge in [-0.15, -0.1) is 11.3 Å². The monoisotopic (exact) mass is 662 g/mol. The topological polar surface area (TPSA) is 198 Å². The highest BCUT2D eigenvalue weighted by Gasteiger charge is 2.66. The van der Waals surface area contributed by atoms with Crippen LogP contribution < -0.4 is 0 Å². The number of carboxylic acids is 1. The van der Waals surface area contributed by atoms with Crippen molar-refractivity contribution >= 4 is 78.7 Å². The number of esters is 1. The van der Waals surface area contributed by atoms with Crippen molar-refractivity contribution < 1.29 is 48.1 Å². The van der Waals surface area contributed by atoms with Crippen LogP contribution >= 0.6 is 23.1 Å². The first-order valence-corrected chi connectivity index (χ1v) is 15.4. The third kappa shape index (κ3) is 6.83. The number of hydrogen-bond acceptors (Lipinski definition) is 14. The van der Waals surface area contributed by atoms with Gasteiger partial charge in [0.25, 0.3) is 0 Å². The molecule has 2 radical (unpaired) electrons. The number of nitrogens with zero attached hydrogens (tertiary/aromatic N) is 6. The molecule has 3 aliphatic rings. The van der Waals surface area contributed by atoms with Crippen LogP contribution in [0.5, 0.6) is 0 Å². The van der Waals surface area contributed by atoms with E-state index in [2.05, 4.69) is 19.9 Å². The van der Waals surface area contributed by atoms with Crippen molar-refractivity contribution in [3.05, 3.63) is 16.1 Å². The molecular weight excluding hydrogens is 631 g/mol. The molecular formula is C26H31BN6O10S2. The fourth-order valence-corrected chi connectivity index (χ4v) is 7.06. The molecule has 19 heteroatoms. The van der Waals surface area contributed by atoms with Crippen molar-refractivity contribution in [3.8, 4) is 0 Å². The molecule has 3 fully saturated rings. The molecule has 4 rings (SSSR count). The van der Waals surface area contributed by atoms with Crippen molar-refractivity contribution in [2.45, 2.75) is 69.4 Å². The molecule has 0 bridgehead atoms. The third-order valence-electron chi connectivity index (χ3n) is 6.90. The number of aliphatic carboxylic acids is 1. The van der Waals surface area contributed by atoms with E-state index in [0.717, 1.165) is 21.7 Å². The number of hydrazone groups is 1. The van der Waals surface area contributed by atoms with Crippen LogP contribution in [0.15, 0.2) is 15.6 Å². The smallest absolute Gasteiger partial charge is 0.378 e. The zero-order chi connectivity index (χ0) is 33.5. The Morgan fingerprint density at radius 3 is 2.47 bits per heavy atom. The van der Waals surface area contributed by atoms with Gasteiger partial charge in [0.05, 0.1) is 29.4 Å². The maximum atomic E-state index is 13.6. The fourth-order valence-electron chi connectivity index (χ4n) is 4.72. The van der Waals surface area contributed by atoms with Crippen molar-refractivity contribution in [3.63, 3.8) is 0 Å². The number of amides is 3. The van der Waals surface area contributed by atoms with E-state index in [1.54, 1.807) is 33.1 Å². The SMILES string of the molecule is [B]OC(=O)[C@@]1(N2CCN(/N=C/C(=O)O)C2=O)CN2C(=O)[C@@H](CC(=O)/C(=N\OC(C)(C)C(=O)OC(C)(C)C)c3csc(C)n3)[C@H]2S1. The first kappa shape index (κ1) is 33.9. The molecule has 1 N–H and O–H groups in total. The number of carbonyl (C=O) groups is 6. The van der Waals surface area contributed by atoms with E-state index in [-0.39, 0.29) is 37.5 Å². The number of ketones is 1. The summed E-state index contributed by atoms with van der Waals surface area (Å²) in [7, 11) is 5.23. The maximum absolute atomic E-state index is 13.6. The minimum atomic E-state index is -1.76. The molecule has 0 spiro atoms. The normalized spacial score (nSPS) is 23.7. The molecule has 1 aromatic heterocycles. The van der Waals surface area contributed by atoms with Gasteiger partial charge in [-0.1, -0.05) is 16.9 Å². The zero-order valence-electron chi connectivity index (χ0n) is 25.3. The Kier molecular flexibility index (Phi) is 9.35. The molecule has 0 unspecified atom stereocenters. The van der Waals surface area contributed by atoms with Crippen molar-refractivity contribution in [2.75, 3.05) is 19.6 Å². The number of fused-ring (bicyclic) bond motifs is 1. The lowest BCUT2D eigenvalue weighted by molar-refractivity contribution is -0.179. The van der Waals surface area contributed by atoms with Crippen LogP contribution in [-0.4, -0.2) is 122 Å². The summed E-state index contributed by atoms with van der Waals surface area (Å²) >= 11 is 2.18. The van der Waals surface area contributed by atoms with Crippen LogP contribution in [-0.2, 0) is 38.2 Å². The minimum absolute atomic E-state index is 0.0319. The molecule has 3 aliphatic heterocycles. The molecule has 3 saturated heterocycles. The lowest BCUT2D eigenvalue weighted by Crippen LogP contribution is -2.59. The van der Waals surface area contributed by atoms with E-state index < -0.39 is 63.0 Å². The summed E-state index contributed by atoms with van der Waals surface area (Å²) in [6.45, 7) is 9.34. The number of carboxylic acid groups (broad SMARTS) is 1. The minimum Gasteiger partial charge on any atom is -0.541 e. The van der Waals surface area contributed by atoms with E-state index >= 15 is 0 Å². The quantitative estimate of drug-likeness (QED) is 0.116. The summed E-state index contributed by atoms with van der Waals surface area (Å²) in [6.07, 6.45) is 0.187. The zero-order valence-corrected chi connectivity index (χ0v) is 27.0. The van der Waals surface area contributed by atoms with Crippen molar-refractivity contribution in [2.24, 2.45) is 16.2 Å². The number of oxime groups is 1. The first-order chi connectivity index (χ1) is 20.9. The summed E-state index contributed by atoms with van der Waals surface area (Å²) in [5.74, 6) is -5.07. The second kappa shape index (κ2) is 12.4. The Hall–Kier alpha value is -4.00. The maximum Gasteiger partial charge on any atom is 0.378 e. The third-order valence-corrected chi connectivity index (χ3v) is 9.40. The van der Waals surface area contributed by atoms with Gasteiger partial charge < -0.3 is 24.2 Å². The Morgan fingerprint density at radius 1 is 1.20 bits per heavy atom. The van der Waals surface area contributed by atoms with Gasteiger partial charge in [0, 0.05) is 18.3 Å². The van der Waals surface area contributed by atoms with Crippen molar-refractivity contribution in [1.29, 1.82) is 0 Å². The second-order valence-electron chi connectivity index (χ2n) is 11.8. The summed E-state index contributed by atoms with van der Waals surface area (Å²) in [5, 5.41) is 18.9. The number of aromatic nitrogens is 1. The number of thiazole rings is 1. The number of carbonyl (C=O) groups excluding carboxylic acids is 5. The molecule has 3 amide bonds. The number of hydrogen-bond donors (Lipinski definition) is 1. The van der Waals surface area contributed by atoms with Crippen LogP contribution in [0.1, 0.15) is 51.7 Å². The number of ether oxygens (including phenoxy) is 1. The summed E-state index contributed by atoms with van der Waals surface area (Å²) in [4.78, 5) is 87.1. The number of rotatable bonds is 11. The summed E-state index contributed by atoms with van der Waals surface area (Å²) < 4.78 is 9.92. The Labute approximate surface area is 267 Å². The average molecular weight is 663 g/mol. The van der Waals surface area contributed by atoms with Gasteiger partial charge in [-0.2, -0.15) is 5.10 Å². The Balaban J connectivity index is 1.55. The summed E-state index contributed by atoms with van der Waals surface area (Å²) in [6, 6.07) is -0.786. The second-order valence-corrected chi connectivity index (χ2v) is 14.3. The highest BCUT2D eigenvalue weighted by molar-refractivity contribution is 8.02. The highest BCUT2D eigenvalue weighted by atomic mass is 32.2. The van der Waals surface area contributed by atoms with Gasteiger partial charge in [0.15, 0.2) is 11.5 Å². The van der Waals surface area contributed by atoms with Crippen LogP contribution in [0.4, 0.5) is 4.79 Å². The summed E-state index contributed by atoms with van der Waals surface area (Å²) in [5.41, 5.74) is -2.38. The predicted molar refractivity (Wildman–Crippen MR) is 160 cm³/mol. The molecule has 240 valence electrons. The predicted octanol–water partition coefficient (Wildman–Crippen LogP) is 0.914. The molecule has 16 nitrogen and oxygen atoms in total. The molecule has 45 heavy (non-hydrogen) atoms. The number of urea groups is 1. The van der Waals surface area contributed by atoms with Crippen LogP contribution in [0.25, 0.3) is 0 Å². The molecule has 1 aromatic rings. The van der Waals surface area contributed by atoms with Gasteiger partial charge in [0.1, 0.15) is 17.5 Å². The molecule has 0 aliphatic carbocycles. The van der Waals surface area contributed by atoms with E-state index in [4.69, 9.17) is 22.7 Å². The average Bonchev–Trinajstić information content (AvgIpc) is 3.65. The Morgan fingerprint density at radius 2 is 1.89 bits per heavy atom. The lowest BCUT2D eigenvalue weighted by Gasteiger charge is -2.40. The van der Waals surface area contributed by atoms with Crippen molar-refractivity contribution in [1.82, 2.24) is 19.8 Å². The first-order valence-electron chi connectivity index (χ1n) is 13.6. The van der Waals surface area contributed by atoms with E-state index in [1.165, 1.54) is 30.1 Å². The van der Waals surface area contributed by atoms with Gasteiger partial charge in [-0.05, 0) is 41.5 Å². The molecule has 0 saturated carbocycles. The van der Waals surface area contributed by atoms with Gasteiger partial charge in [-0.25, -0.2) is 24.4 Å². The lowest BCUT2D eigenvalue weighted by atomic mass is 9.90. The number of thioether (sulfide) groups is 1. The van der Waals surface area contributed by atoms with E-state index in [0.29, 0.717) is 11.2 Å². The van der Waals surface area contributed by atoms with E-state index in [1.807, 2.05) is 0 Å². The highest BCUT2D eigenvalue weighted by Crippen LogP contribution is 2.53. The standard InChI is InChI=1S/C26H31BN6O10S2/c1-13-29-15(11-44-13)18(30-43-25(5,6)21(38)41-24(2,3)4)16(34)9-14-19(37)31-12-26(22(39)42-27,45-20(14)31)32-7-8-33(23(32)40)28-10-17(35)36/h10-11,14,20H,7-9,12H2,1-6H3,(H,35,36)/b28-10+,30-18-/t14-,20-,26-/m1/s1. The molecule has 4 heterocycles. The van der Waals surface area contributed by atoms with Gasteiger partial charge >= 0.3 is 32.0 Å². The van der Waals surface area contributed by atoms with Crippen LogP contribution in [0.3, 0.4) is 0 Å². The molecule has 3 atom stereocenters. The number of β-lactam (4-membered cyclic amide) rings is 1. The fraction of sp³-hybridized carbons (Fsp3) is 0.577. The number of Topliss-reactive ketones (excluding diaryl/α,β-unsaturated/α-hetero) is 1. The largest absolute Gasteiger partial charge is 0.541 e. The molecule has 0 aromatic carbocycles.